The first-order chi connectivity index (χ1) is 16.1. The number of piperazine rings is 1. The lowest BCUT2D eigenvalue weighted by Crippen LogP contribution is -2.51. The Morgan fingerprint density at radius 3 is 2.52 bits per heavy atom. The molecule has 174 valence electrons. The van der Waals surface area contributed by atoms with Crippen LogP contribution in [0.15, 0.2) is 65.9 Å². The lowest BCUT2D eigenvalue weighted by molar-refractivity contribution is -0.139. The molecule has 2 aliphatic heterocycles. The number of benzene rings is 2. The predicted octanol–water partition coefficient (Wildman–Crippen LogP) is 2.69. The molecule has 2 N–H and O–H groups in total. The molecule has 4 rings (SSSR count). The second kappa shape index (κ2) is 10.4. The van der Waals surface area contributed by atoms with E-state index in [1.807, 2.05) is 48.5 Å². The fraction of sp³-hybridized carbons (Fsp3) is 0.360. The molecule has 0 unspecified atom stereocenters. The average Bonchev–Trinajstić information content (AvgIpc) is 2.85. The molecule has 0 aromatic heterocycles. The third-order valence-electron chi connectivity index (χ3n) is 5.95. The van der Waals surface area contributed by atoms with Gasteiger partial charge in [-0.1, -0.05) is 36.4 Å². The molecule has 0 saturated carbocycles. The van der Waals surface area contributed by atoms with E-state index in [-0.39, 0.29) is 12.6 Å². The first-order valence-corrected chi connectivity index (χ1v) is 11.2. The second-order valence-electron chi connectivity index (χ2n) is 8.02. The van der Waals surface area contributed by atoms with Crippen molar-refractivity contribution in [3.05, 3.63) is 71.4 Å². The van der Waals surface area contributed by atoms with E-state index in [1.54, 1.807) is 14.0 Å². The molecule has 2 amide bonds. The Morgan fingerprint density at radius 1 is 1.06 bits per heavy atom. The van der Waals surface area contributed by atoms with Crippen LogP contribution in [0.1, 0.15) is 18.5 Å². The number of esters is 1. The van der Waals surface area contributed by atoms with E-state index in [1.165, 1.54) is 0 Å². The van der Waals surface area contributed by atoms with Gasteiger partial charge in [0.15, 0.2) is 0 Å². The summed E-state index contributed by atoms with van der Waals surface area (Å²) in [7, 11) is 1.67. The van der Waals surface area contributed by atoms with Crippen LogP contribution in [-0.2, 0) is 9.53 Å². The van der Waals surface area contributed by atoms with E-state index in [0.717, 1.165) is 43.2 Å². The topological polar surface area (TPSA) is 83.1 Å². The number of nitrogens with one attached hydrogen (secondary N) is 2. The highest BCUT2D eigenvalue weighted by Crippen LogP contribution is 2.28. The van der Waals surface area contributed by atoms with Crippen molar-refractivity contribution in [1.82, 2.24) is 15.5 Å². The zero-order valence-corrected chi connectivity index (χ0v) is 19.0. The minimum atomic E-state index is -0.549. The molecule has 2 aromatic rings. The summed E-state index contributed by atoms with van der Waals surface area (Å²) in [6.45, 7) is 5.79. The van der Waals surface area contributed by atoms with Crippen LogP contribution >= 0.6 is 0 Å². The Kier molecular flexibility index (Phi) is 7.14. The van der Waals surface area contributed by atoms with Gasteiger partial charge in [-0.05, 0) is 24.6 Å². The number of urea groups is 1. The summed E-state index contributed by atoms with van der Waals surface area (Å²) < 4.78 is 10.7. The van der Waals surface area contributed by atoms with Crippen LogP contribution in [0.2, 0.25) is 0 Å². The number of nitrogens with zero attached hydrogens (tertiary/aromatic N) is 2. The van der Waals surface area contributed by atoms with Crippen LogP contribution in [0.4, 0.5) is 10.5 Å². The van der Waals surface area contributed by atoms with Gasteiger partial charge >= 0.3 is 12.0 Å². The zero-order valence-electron chi connectivity index (χ0n) is 19.0. The molecular weight excluding hydrogens is 420 g/mol. The summed E-state index contributed by atoms with van der Waals surface area (Å²) in [6.07, 6.45) is 0. The number of anilines is 1. The summed E-state index contributed by atoms with van der Waals surface area (Å²) in [5.41, 5.74) is 3.02. The van der Waals surface area contributed by atoms with Crippen molar-refractivity contribution in [3.63, 3.8) is 0 Å². The van der Waals surface area contributed by atoms with Crippen molar-refractivity contribution in [3.8, 4) is 5.75 Å². The Labute approximate surface area is 194 Å². The van der Waals surface area contributed by atoms with Crippen LogP contribution in [0.3, 0.4) is 0 Å². The SMILES string of the molecule is CCOC(=O)C1=C(CN2CCN(c3cccc(OC)c3)CC2)NC(=O)N[C@H]1c1ccccc1. The molecule has 1 saturated heterocycles. The molecule has 0 spiro atoms. The van der Waals surface area contributed by atoms with Gasteiger partial charge in [0.1, 0.15) is 5.75 Å². The molecule has 2 aliphatic rings. The van der Waals surface area contributed by atoms with Crippen molar-refractivity contribution in [2.24, 2.45) is 0 Å². The number of methoxy groups -OCH3 is 1. The monoisotopic (exact) mass is 450 g/mol. The largest absolute Gasteiger partial charge is 0.497 e. The lowest BCUT2D eigenvalue weighted by Gasteiger charge is -2.38. The summed E-state index contributed by atoms with van der Waals surface area (Å²) in [5.74, 6) is 0.424. The highest BCUT2D eigenvalue weighted by Gasteiger charge is 2.34. The van der Waals surface area contributed by atoms with Crippen molar-refractivity contribution in [2.75, 3.05) is 51.3 Å². The number of carbonyl (C=O) groups excluding carboxylic acids is 2. The van der Waals surface area contributed by atoms with Crippen molar-refractivity contribution in [1.29, 1.82) is 0 Å². The van der Waals surface area contributed by atoms with Gasteiger partial charge in [0.05, 0.1) is 25.3 Å². The molecule has 1 atom stereocenters. The van der Waals surface area contributed by atoms with Gasteiger partial charge in [0.2, 0.25) is 0 Å². The Morgan fingerprint density at radius 2 is 1.82 bits per heavy atom. The number of rotatable bonds is 7. The maximum atomic E-state index is 12.9. The van der Waals surface area contributed by atoms with Crippen molar-refractivity contribution in [2.45, 2.75) is 13.0 Å². The molecule has 1 fully saturated rings. The van der Waals surface area contributed by atoms with E-state index < -0.39 is 12.0 Å². The predicted molar refractivity (Wildman–Crippen MR) is 126 cm³/mol. The van der Waals surface area contributed by atoms with E-state index >= 15 is 0 Å². The van der Waals surface area contributed by atoms with Crippen molar-refractivity contribution >= 4 is 17.7 Å². The zero-order chi connectivity index (χ0) is 23.2. The molecule has 2 aromatic carbocycles. The number of hydrogen-bond acceptors (Lipinski definition) is 6. The lowest BCUT2D eigenvalue weighted by atomic mass is 9.95. The summed E-state index contributed by atoms with van der Waals surface area (Å²) >= 11 is 0. The Balaban J connectivity index is 1.53. The average molecular weight is 451 g/mol. The number of carbonyl (C=O) groups is 2. The Bertz CT molecular complexity index is 1020. The van der Waals surface area contributed by atoms with Crippen LogP contribution in [0.25, 0.3) is 0 Å². The molecule has 8 heteroatoms. The highest BCUT2D eigenvalue weighted by atomic mass is 16.5. The molecule has 0 bridgehead atoms. The second-order valence-corrected chi connectivity index (χ2v) is 8.02. The van der Waals surface area contributed by atoms with Gasteiger partial charge in [-0.15, -0.1) is 0 Å². The summed E-state index contributed by atoms with van der Waals surface area (Å²) in [4.78, 5) is 30.0. The number of amides is 2. The van der Waals surface area contributed by atoms with Crippen LogP contribution in [0, 0.1) is 0 Å². The van der Waals surface area contributed by atoms with Gasteiger partial charge in [-0.25, -0.2) is 9.59 Å². The number of ether oxygens (including phenoxy) is 2. The summed E-state index contributed by atoms with van der Waals surface area (Å²) in [6, 6.07) is 16.7. The van der Waals surface area contributed by atoms with Gasteiger partial charge in [-0.2, -0.15) is 0 Å². The minimum absolute atomic E-state index is 0.268. The van der Waals surface area contributed by atoms with Crippen LogP contribution in [-0.4, -0.2) is 63.3 Å². The highest BCUT2D eigenvalue weighted by molar-refractivity contribution is 5.95. The summed E-state index contributed by atoms with van der Waals surface area (Å²) in [5, 5.41) is 5.75. The smallest absolute Gasteiger partial charge is 0.338 e. The number of hydrogen-bond donors (Lipinski definition) is 2. The standard InChI is InChI=1S/C25H30N4O4/c1-3-33-24(30)22-21(26-25(31)27-23(22)18-8-5-4-6-9-18)17-28-12-14-29(15-13-28)19-10-7-11-20(16-19)32-2/h4-11,16,23H,3,12-15,17H2,1-2H3,(H2,26,27,31)/t23-/m0/s1. The van der Waals surface area contributed by atoms with Crippen LogP contribution < -0.4 is 20.3 Å². The van der Waals surface area contributed by atoms with E-state index in [0.29, 0.717) is 17.8 Å². The van der Waals surface area contributed by atoms with E-state index in [9.17, 15) is 9.59 Å². The third-order valence-corrected chi connectivity index (χ3v) is 5.95. The molecule has 8 nitrogen and oxygen atoms in total. The molecular formula is C25H30N4O4. The normalized spacial score (nSPS) is 19.0. The quantitative estimate of drug-likeness (QED) is 0.631. The molecule has 33 heavy (non-hydrogen) atoms. The van der Waals surface area contributed by atoms with E-state index in [4.69, 9.17) is 9.47 Å². The Hall–Kier alpha value is -3.52. The van der Waals surface area contributed by atoms with Gasteiger partial charge < -0.3 is 25.0 Å². The minimum Gasteiger partial charge on any atom is -0.497 e. The maximum Gasteiger partial charge on any atom is 0.338 e. The van der Waals surface area contributed by atoms with Gasteiger partial charge in [-0.3, -0.25) is 4.90 Å². The van der Waals surface area contributed by atoms with Gasteiger partial charge in [0, 0.05) is 50.2 Å². The van der Waals surface area contributed by atoms with Gasteiger partial charge in [0.25, 0.3) is 0 Å². The molecule has 0 aliphatic carbocycles. The molecule has 0 radical (unpaired) electrons. The fourth-order valence-corrected chi connectivity index (χ4v) is 4.28. The fourth-order valence-electron chi connectivity index (χ4n) is 4.28. The first kappa shape index (κ1) is 22.7. The van der Waals surface area contributed by atoms with Crippen molar-refractivity contribution < 1.29 is 19.1 Å². The maximum absolute atomic E-state index is 12.9. The van der Waals surface area contributed by atoms with Crippen LogP contribution in [0.5, 0.6) is 5.75 Å². The molecule has 2 heterocycles. The first-order valence-electron chi connectivity index (χ1n) is 11.2. The van der Waals surface area contributed by atoms with E-state index in [2.05, 4.69) is 26.5 Å². The third kappa shape index (κ3) is 5.28.